The molecule has 10 heteroatoms. The van der Waals surface area contributed by atoms with Crippen molar-refractivity contribution in [3.63, 3.8) is 0 Å². The first-order valence-corrected chi connectivity index (χ1v) is 10.8. The van der Waals surface area contributed by atoms with Gasteiger partial charge in [-0.2, -0.15) is 5.10 Å². The highest BCUT2D eigenvalue weighted by molar-refractivity contribution is 9.10. The molecular weight excluding hydrogens is 480 g/mol. The third-order valence-electron chi connectivity index (χ3n) is 4.47. The van der Waals surface area contributed by atoms with Gasteiger partial charge in [-0.05, 0) is 60.9 Å². The lowest BCUT2D eigenvalue weighted by atomic mass is 10.2. The lowest BCUT2D eigenvalue weighted by Crippen LogP contribution is -2.35. The Morgan fingerprint density at radius 3 is 2.69 bits per heavy atom. The van der Waals surface area contributed by atoms with Gasteiger partial charge in [0.25, 0.3) is 5.91 Å². The molecule has 1 saturated heterocycles. The van der Waals surface area contributed by atoms with Crippen molar-refractivity contribution in [2.75, 3.05) is 25.1 Å². The largest absolute Gasteiger partial charge is 0.484 e. The molecule has 2 aromatic carbocycles. The van der Waals surface area contributed by atoms with Gasteiger partial charge in [0.2, 0.25) is 0 Å². The number of hydrazone groups is 1. The minimum absolute atomic E-state index is 0.0876. The first-order valence-electron chi connectivity index (χ1n) is 10.0. The maximum absolute atomic E-state index is 11.9. The van der Waals surface area contributed by atoms with Gasteiger partial charge in [0.15, 0.2) is 6.61 Å². The number of hydrogen-bond acceptors (Lipinski definition) is 6. The van der Waals surface area contributed by atoms with Gasteiger partial charge in [-0.1, -0.05) is 22.0 Å². The monoisotopic (exact) mass is 502 g/mol. The van der Waals surface area contributed by atoms with Crippen LogP contribution in [-0.2, 0) is 19.1 Å². The van der Waals surface area contributed by atoms with Gasteiger partial charge in [0.05, 0.1) is 12.3 Å². The predicted octanol–water partition coefficient (Wildman–Crippen LogP) is 2.21. The molecule has 1 atom stereocenters. The van der Waals surface area contributed by atoms with Gasteiger partial charge in [-0.25, -0.2) is 5.43 Å². The van der Waals surface area contributed by atoms with Crippen molar-refractivity contribution < 1.29 is 23.9 Å². The Morgan fingerprint density at radius 2 is 1.97 bits per heavy atom. The molecule has 32 heavy (non-hydrogen) atoms. The van der Waals surface area contributed by atoms with E-state index in [1.165, 1.54) is 6.21 Å². The molecule has 2 aromatic rings. The molecule has 1 fully saturated rings. The van der Waals surface area contributed by atoms with Gasteiger partial charge in [0, 0.05) is 23.3 Å². The van der Waals surface area contributed by atoms with Crippen LogP contribution in [0, 0.1) is 0 Å². The second-order valence-corrected chi connectivity index (χ2v) is 7.88. The Morgan fingerprint density at radius 1 is 1.16 bits per heavy atom. The van der Waals surface area contributed by atoms with Crippen molar-refractivity contribution >= 4 is 45.6 Å². The number of carbonyl (C=O) groups excluding carboxylic acids is 3. The van der Waals surface area contributed by atoms with E-state index in [1.807, 2.05) is 0 Å². The number of halogens is 1. The summed E-state index contributed by atoms with van der Waals surface area (Å²) in [7, 11) is 0. The van der Waals surface area contributed by atoms with Crippen molar-refractivity contribution in [3.05, 3.63) is 58.6 Å². The van der Waals surface area contributed by atoms with Crippen LogP contribution in [-0.4, -0.2) is 49.8 Å². The van der Waals surface area contributed by atoms with Crippen LogP contribution in [0.2, 0.25) is 0 Å². The first-order chi connectivity index (χ1) is 15.5. The number of nitrogens with zero attached hydrogens (tertiary/aromatic N) is 1. The molecule has 3 rings (SSSR count). The average Bonchev–Trinajstić information content (AvgIpc) is 3.31. The van der Waals surface area contributed by atoms with E-state index in [2.05, 4.69) is 37.1 Å². The molecule has 0 saturated carbocycles. The normalized spacial score (nSPS) is 15.3. The number of carbonyl (C=O) groups is 3. The van der Waals surface area contributed by atoms with Crippen LogP contribution in [0.3, 0.4) is 0 Å². The lowest BCUT2D eigenvalue weighted by Gasteiger charge is -2.11. The smallest absolute Gasteiger partial charge is 0.329 e. The Balaban J connectivity index is 1.38. The summed E-state index contributed by atoms with van der Waals surface area (Å²) < 4.78 is 11.7. The molecular formula is C22H23BrN4O5. The zero-order valence-electron chi connectivity index (χ0n) is 17.2. The summed E-state index contributed by atoms with van der Waals surface area (Å²) in [6, 6.07) is 13.6. The molecule has 9 nitrogen and oxygen atoms in total. The molecule has 3 amide bonds. The van der Waals surface area contributed by atoms with Gasteiger partial charge >= 0.3 is 11.8 Å². The van der Waals surface area contributed by atoms with Crippen molar-refractivity contribution in [1.82, 2.24) is 10.7 Å². The second kappa shape index (κ2) is 12.0. The minimum Gasteiger partial charge on any atom is -0.484 e. The fraction of sp³-hybridized carbons (Fsp3) is 0.273. The van der Waals surface area contributed by atoms with E-state index in [0.717, 1.165) is 23.9 Å². The van der Waals surface area contributed by atoms with E-state index in [-0.39, 0.29) is 18.6 Å². The fourth-order valence-electron chi connectivity index (χ4n) is 2.85. The molecule has 3 N–H and O–H groups in total. The number of amides is 3. The number of anilines is 1. The molecule has 0 radical (unpaired) electrons. The number of hydrogen-bond donors (Lipinski definition) is 3. The van der Waals surface area contributed by atoms with Crippen LogP contribution >= 0.6 is 15.9 Å². The number of rotatable bonds is 8. The van der Waals surface area contributed by atoms with E-state index in [4.69, 9.17) is 9.47 Å². The summed E-state index contributed by atoms with van der Waals surface area (Å²) in [4.78, 5) is 35.6. The number of ether oxygens (including phenoxy) is 2. The molecule has 0 bridgehead atoms. The molecule has 0 unspecified atom stereocenters. The predicted molar refractivity (Wildman–Crippen MR) is 122 cm³/mol. The van der Waals surface area contributed by atoms with Crippen LogP contribution in [0.4, 0.5) is 5.69 Å². The quantitative estimate of drug-likeness (QED) is 0.290. The molecule has 1 aliphatic heterocycles. The number of benzene rings is 2. The molecule has 0 aliphatic carbocycles. The second-order valence-electron chi connectivity index (χ2n) is 6.96. The Labute approximate surface area is 193 Å². The van der Waals surface area contributed by atoms with E-state index in [1.54, 1.807) is 48.5 Å². The van der Waals surface area contributed by atoms with E-state index in [9.17, 15) is 14.4 Å². The van der Waals surface area contributed by atoms with E-state index < -0.39 is 11.8 Å². The van der Waals surface area contributed by atoms with Gasteiger partial charge in [-0.15, -0.1) is 0 Å². The standard InChI is InChI=1S/C22H23BrN4O5/c23-16-3-1-4-17(11-16)26-21(29)22(30)27-25-12-15-6-8-18(9-7-15)32-14-20(28)24-13-19-5-2-10-31-19/h1,3-4,6-9,11-12,19H,2,5,10,13-14H2,(H,24,28)(H,26,29)(H,27,30)/b25-12-/t19-/m0/s1. The third-order valence-corrected chi connectivity index (χ3v) is 4.96. The summed E-state index contributed by atoms with van der Waals surface area (Å²) in [5, 5.41) is 9.04. The minimum atomic E-state index is -0.893. The zero-order valence-corrected chi connectivity index (χ0v) is 18.8. The highest BCUT2D eigenvalue weighted by Gasteiger charge is 2.16. The molecule has 0 spiro atoms. The van der Waals surface area contributed by atoms with Crippen molar-refractivity contribution in [1.29, 1.82) is 0 Å². The van der Waals surface area contributed by atoms with Crippen molar-refractivity contribution in [2.24, 2.45) is 5.10 Å². The average molecular weight is 503 g/mol. The summed E-state index contributed by atoms with van der Waals surface area (Å²) in [5.41, 5.74) is 3.33. The molecule has 0 aromatic heterocycles. The summed E-state index contributed by atoms with van der Waals surface area (Å²) in [6.07, 6.45) is 3.46. The molecule has 1 heterocycles. The van der Waals surface area contributed by atoms with Gasteiger partial charge < -0.3 is 20.1 Å². The Bertz CT molecular complexity index is 975. The van der Waals surface area contributed by atoms with Crippen LogP contribution in [0.5, 0.6) is 5.75 Å². The third kappa shape index (κ3) is 7.78. The van der Waals surface area contributed by atoms with Gasteiger partial charge in [0.1, 0.15) is 5.75 Å². The fourth-order valence-corrected chi connectivity index (χ4v) is 3.25. The maximum atomic E-state index is 11.9. The maximum Gasteiger partial charge on any atom is 0.329 e. The van der Waals surface area contributed by atoms with Gasteiger partial charge in [-0.3, -0.25) is 14.4 Å². The van der Waals surface area contributed by atoms with Crippen molar-refractivity contribution in [3.8, 4) is 5.75 Å². The molecule has 1 aliphatic rings. The Kier molecular flexibility index (Phi) is 8.76. The SMILES string of the molecule is O=C(COc1ccc(/C=N\NC(=O)C(=O)Nc2cccc(Br)c2)cc1)NC[C@@H]1CCCO1. The topological polar surface area (TPSA) is 118 Å². The summed E-state index contributed by atoms with van der Waals surface area (Å²) in [5.74, 6) is -1.42. The first kappa shape index (κ1) is 23.4. The summed E-state index contributed by atoms with van der Waals surface area (Å²) in [6.45, 7) is 1.14. The van der Waals surface area contributed by atoms with Crippen LogP contribution < -0.4 is 20.8 Å². The molecule has 168 valence electrons. The van der Waals surface area contributed by atoms with E-state index >= 15 is 0 Å². The van der Waals surface area contributed by atoms with E-state index in [0.29, 0.717) is 23.5 Å². The highest BCUT2D eigenvalue weighted by atomic mass is 79.9. The van der Waals surface area contributed by atoms with Crippen LogP contribution in [0.15, 0.2) is 58.1 Å². The van der Waals surface area contributed by atoms with Crippen LogP contribution in [0.25, 0.3) is 0 Å². The number of nitrogens with one attached hydrogen (secondary N) is 3. The summed E-state index contributed by atoms with van der Waals surface area (Å²) >= 11 is 3.29. The van der Waals surface area contributed by atoms with Crippen molar-refractivity contribution in [2.45, 2.75) is 18.9 Å². The Hall–Kier alpha value is -3.24. The zero-order chi connectivity index (χ0) is 22.8. The lowest BCUT2D eigenvalue weighted by molar-refractivity contribution is -0.136. The highest BCUT2D eigenvalue weighted by Crippen LogP contribution is 2.15. The van der Waals surface area contributed by atoms with Crippen LogP contribution in [0.1, 0.15) is 18.4 Å².